The highest BCUT2D eigenvalue weighted by molar-refractivity contribution is 7.12. The molecule has 2 N–H and O–H groups in total. The minimum absolute atomic E-state index is 0.247. The Labute approximate surface area is 148 Å². The van der Waals surface area contributed by atoms with E-state index in [1.54, 1.807) is 60.7 Å². The zero-order valence-electron chi connectivity index (χ0n) is 12.5. The predicted octanol–water partition coefficient (Wildman–Crippen LogP) is 4.91. The molecule has 0 aliphatic carbocycles. The SMILES string of the molecule is O=C(Nc1ccccc1C(=O)Nc1ccccc1Cl)c1cccs1. The van der Waals surface area contributed by atoms with Gasteiger partial charge in [0.2, 0.25) is 0 Å². The molecule has 4 nitrogen and oxygen atoms in total. The van der Waals surface area contributed by atoms with Crippen molar-refractivity contribution in [1.29, 1.82) is 0 Å². The van der Waals surface area contributed by atoms with Gasteiger partial charge in [-0.15, -0.1) is 11.3 Å². The van der Waals surface area contributed by atoms with Gasteiger partial charge in [-0.1, -0.05) is 41.9 Å². The Morgan fingerprint density at radius 2 is 1.46 bits per heavy atom. The zero-order valence-corrected chi connectivity index (χ0v) is 14.0. The summed E-state index contributed by atoms with van der Waals surface area (Å²) in [6, 6.07) is 17.3. The first kappa shape index (κ1) is 16.2. The molecule has 1 heterocycles. The maximum absolute atomic E-state index is 12.5. The van der Waals surface area contributed by atoms with E-state index >= 15 is 0 Å². The first-order valence-corrected chi connectivity index (χ1v) is 8.40. The number of carbonyl (C=O) groups is 2. The second-order valence-electron chi connectivity index (χ2n) is 4.91. The molecule has 120 valence electrons. The van der Waals surface area contributed by atoms with Crippen LogP contribution in [0.2, 0.25) is 5.02 Å². The molecule has 0 aliphatic heterocycles. The highest BCUT2D eigenvalue weighted by Gasteiger charge is 2.15. The number of thiophene rings is 1. The number of hydrogen-bond acceptors (Lipinski definition) is 3. The molecule has 24 heavy (non-hydrogen) atoms. The van der Waals surface area contributed by atoms with Gasteiger partial charge in [-0.25, -0.2) is 0 Å². The van der Waals surface area contributed by atoms with E-state index in [0.29, 0.717) is 26.8 Å². The molecule has 0 atom stereocenters. The van der Waals surface area contributed by atoms with Crippen LogP contribution in [0.15, 0.2) is 66.0 Å². The van der Waals surface area contributed by atoms with Crippen LogP contribution in [0.4, 0.5) is 11.4 Å². The molecule has 6 heteroatoms. The third-order valence-electron chi connectivity index (χ3n) is 3.29. The summed E-state index contributed by atoms with van der Waals surface area (Å²) in [5, 5.41) is 7.80. The van der Waals surface area contributed by atoms with Crippen molar-refractivity contribution in [2.45, 2.75) is 0 Å². The monoisotopic (exact) mass is 356 g/mol. The van der Waals surface area contributed by atoms with E-state index in [4.69, 9.17) is 11.6 Å². The highest BCUT2D eigenvalue weighted by Crippen LogP contribution is 2.23. The quantitative estimate of drug-likeness (QED) is 0.698. The number of rotatable bonds is 4. The lowest BCUT2D eigenvalue weighted by atomic mass is 10.1. The largest absolute Gasteiger partial charge is 0.321 e. The summed E-state index contributed by atoms with van der Waals surface area (Å²) >= 11 is 7.40. The molecule has 3 aromatic rings. The van der Waals surface area contributed by atoms with Crippen LogP contribution in [-0.2, 0) is 0 Å². The number of halogens is 1. The minimum Gasteiger partial charge on any atom is -0.321 e. The van der Waals surface area contributed by atoms with Gasteiger partial charge >= 0.3 is 0 Å². The second-order valence-corrected chi connectivity index (χ2v) is 6.27. The molecular formula is C18H13ClN2O2S. The fraction of sp³-hybridized carbons (Fsp3) is 0. The number of hydrogen-bond donors (Lipinski definition) is 2. The summed E-state index contributed by atoms with van der Waals surface area (Å²) in [5.41, 5.74) is 1.33. The van der Waals surface area contributed by atoms with Gasteiger partial charge in [0, 0.05) is 0 Å². The van der Waals surface area contributed by atoms with Crippen molar-refractivity contribution in [3.63, 3.8) is 0 Å². The molecule has 0 spiro atoms. The first-order valence-electron chi connectivity index (χ1n) is 7.15. The fourth-order valence-corrected chi connectivity index (χ4v) is 2.94. The van der Waals surface area contributed by atoms with Crippen molar-refractivity contribution in [3.05, 3.63) is 81.5 Å². The van der Waals surface area contributed by atoms with E-state index in [2.05, 4.69) is 10.6 Å². The normalized spacial score (nSPS) is 10.2. The van der Waals surface area contributed by atoms with Crippen LogP contribution >= 0.6 is 22.9 Å². The molecule has 0 saturated heterocycles. The molecule has 2 aromatic carbocycles. The topological polar surface area (TPSA) is 58.2 Å². The van der Waals surface area contributed by atoms with E-state index < -0.39 is 0 Å². The van der Waals surface area contributed by atoms with Gasteiger partial charge in [-0.2, -0.15) is 0 Å². The van der Waals surface area contributed by atoms with Gasteiger partial charge in [0.25, 0.3) is 11.8 Å². The molecule has 0 fully saturated rings. The summed E-state index contributed by atoms with van der Waals surface area (Å²) < 4.78 is 0. The first-order chi connectivity index (χ1) is 11.6. The van der Waals surface area contributed by atoms with Crippen LogP contribution in [0, 0.1) is 0 Å². The molecule has 2 amide bonds. The maximum Gasteiger partial charge on any atom is 0.265 e. The highest BCUT2D eigenvalue weighted by atomic mass is 35.5. The minimum atomic E-state index is -0.342. The summed E-state index contributed by atoms with van der Waals surface area (Å²) in [6.07, 6.45) is 0. The summed E-state index contributed by atoms with van der Waals surface area (Å²) in [7, 11) is 0. The van der Waals surface area contributed by atoms with E-state index in [9.17, 15) is 9.59 Å². The zero-order chi connectivity index (χ0) is 16.9. The van der Waals surface area contributed by atoms with Crippen LogP contribution in [0.5, 0.6) is 0 Å². The third-order valence-corrected chi connectivity index (χ3v) is 4.49. The Balaban J connectivity index is 1.82. The van der Waals surface area contributed by atoms with Crippen molar-refractivity contribution in [2.75, 3.05) is 10.6 Å². The molecule has 0 unspecified atom stereocenters. The van der Waals surface area contributed by atoms with Gasteiger partial charge in [0.15, 0.2) is 0 Å². The van der Waals surface area contributed by atoms with Gasteiger partial charge < -0.3 is 10.6 Å². The van der Waals surface area contributed by atoms with Crippen LogP contribution in [0.3, 0.4) is 0 Å². The average molecular weight is 357 g/mol. The number of anilines is 2. The molecular weight excluding hydrogens is 344 g/mol. The Morgan fingerprint density at radius 1 is 0.792 bits per heavy atom. The van der Waals surface area contributed by atoms with Crippen molar-refractivity contribution < 1.29 is 9.59 Å². The van der Waals surface area contributed by atoms with Crippen molar-refractivity contribution in [1.82, 2.24) is 0 Å². The Hall–Kier alpha value is -2.63. The lowest BCUT2D eigenvalue weighted by molar-refractivity contribution is 0.102. The van der Waals surface area contributed by atoms with E-state index in [1.807, 2.05) is 5.38 Å². The number of para-hydroxylation sites is 2. The average Bonchev–Trinajstić information content (AvgIpc) is 3.12. The van der Waals surface area contributed by atoms with Gasteiger partial charge in [-0.05, 0) is 35.7 Å². The number of amides is 2. The summed E-state index contributed by atoms with van der Waals surface area (Å²) in [5.74, 6) is -0.590. The molecule has 0 saturated carbocycles. The third kappa shape index (κ3) is 3.64. The van der Waals surface area contributed by atoms with Crippen molar-refractivity contribution in [2.24, 2.45) is 0 Å². The fourth-order valence-electron chi connectivity index (χ4n) is 2.13. The number of nitrogens with one attached hydrogen (secondary N) is 2. The standard InChI is InChI=1S/C18H13ClN2O2S/c19-13-7-2-4-9-15(13)21-17(22)12-6-1-3-8-14(12)20-18(23)16-10-5-11-24-16/h1-11H,(H,20,23)(H,21,22). The van der Waals surface area contributed by atoms with Gasteiger partial charge in [0.05, 0.1) is 26.8 Å². The van der Waals surface area contributed by atoms with Crippen molar-refractivity contribution in [3.8, 4) is 0 Å². The maximum atomic E-state index is 12.5. The molecule has 3 rings (SSSR count). The van der Waals surface area contributed by atoms with E-state index in [-0.39, 0.29) is 11.8 Å². The number of benzene rings is 2. The lowest BCUT2D eigenvalue weighted by Gasteiger charge is -2.11. The van der Waals surface area contributed by atoms with Crippen LogP contribution in [0.25, 0.3) is 0 Å². The Bertz CT molecular complexity index is 878. The Morgan fingerprint density at radius 3 is 2.17 bits per heavy atom. The summed E-state index contributed by atoms with van der Waals surface area (Å²) in [4.78, 5) is 25.3. The molecule has 0 radical (unpaired) electrons. The van der Waals surface area contributed by atoms with E-state index in [0.717, 1.165) is 0 Å². The Kier molecular flexibility index (Phi) is 4.93. The van der Waals surface area contributed by atoms with Crippen LogP contribution < -0.4 is 10.6 Å². The predicted molar refractivity (Wildman–Crippen MR) is 98.1 cm³/mol. The van der Waals surface area contributed by atoms with Gasteiger partial charge in [-0.3, -0.25) is 9.59 Å². The van der Waals surface area contributed by atoms with Gasteiger partial charge in [0.1, 0.15) is 0 Å². The molecule has 0 bridgehead atoms. The number of carbonyl (C=O) groups excluding carboxylic acids is 2. The molecule has 1 aromatic heterocycles. The molecule has 0 aliphatic rings. The second kappa shape index (κ2) is 7.29. The summed E-state index contributed by atoms with van der Waals surface area (Å²) in [6.45, 7) is 0. The van der Waals surface area contributed by atoms with Crippen LogP contribution in [0.1, 0.15) is 20.0 Å². The van der Waals surface area contributed by atoms with Crippen molar-refractivity contribution >= 4 is 46.1 Å². The van der Waals surface area contributed by atoms with E-state index in [1.165, 1.54) is 11.3 Å². The van der Waals surface area contributed by atoms with Crippen LogP contribution in [-0.4, -0.2) is 11.8 Å². The lowest BCUT2D eigenvalue weighted by Crippen LogP contribution is -2.17. The smallest absolute Gasteiger partial charge is 0.265 e.